The van der Waals surface area contributed by atoms with Crippen LogP contribution in [-0.4, -0.2) is 17.9 Å². The van der Waals surface area contributed by atoms with E-state index >= 15 is 0 Å². The lowest BCUT2D eigenvalue weighted by atomic mass is 10.2. The van der Waals surface area contributed by atoms with Crippen LogP contribution in [0.15, 0.2) is 18.2 Å². The van der Waals surface area contributed by atoms with Gasteiger partial charge < -0.3 is 10.6 Å². The Bertz CT molecular complexity index is 569. The van der Waals surface area contributed by atoms with Crippen molar-refractivity contribution in [3.63, 3.8) is 0 Å². The number of nitrogens with one attached hydrogen (secondary N) is 2. The molecule has 2 N–H and O–H groups in total. The van der Waals surface area contributed by atoms with Crippen molar-refractivity contribution in [1.82, 2.24) is 5.32 Å². The fraction of sp³-hybridized carbons (Fsp3) is 0.467. The summed E-state index contributed by atoms with van der Waals surface area (Å²) < 4.78 is 0. The van der Waals surface area contributed by atoms with Gasteiger partial charge in [-0.2, -0.15) is 0 Å². The first-order chi connectivity index (χ1) is 9.56. The van der Waals surface area contributed by atoms with E-state index in [1.807, 2.05) is 13.0 Å². The van der Waals surface area contributed by atoms with E-state index in [1.165, 1.54) is 0 Å². The number of hydrogen-bond acceptors (Lipinski definition) is 2. The van der Waals surface area contributed by atoms with Crippen LogP contribution in [0.1, 0.15) is 24.8 Å². The van der Waals surface area contributed by atoms with Crippen molar-refractivity contribution in [1.29, 1.82) is 0 Å². The summed E-state index contributed by atoms with van der Waals surface area (Å²) in [5.41, 5.74) is 1.57. The van der Waals surface area contributed by atoms with Gasteiger partial charge in [-0.1, -0.05) is 17.7 Å². The predicted molar refractivity (Wildman–Crippen MR) is 77.6 cm³/mol. The average molecular weight is 293 g/mol. The molecule has 2 unspecified atom stereocenters. The summed E-state index contributed by atoms with van der Waals surface area (Å²) in [5.74, 6) is -0.427. The second kappa shape index (κ2) is 5.09. The van der Waals surface area contributed by atoms with E-state index in [-0.39, 0.29) is 23.7 Å². The average Bonchev–Trinajstić information content (AvgIpc) is 3.26. The minimum Gasteiger partial charge on any atom is -0.353 e. The van der Waals surface area contributed by atoms with Crippen molar-refractivity contribution >= 4 is 29.1 Å². The predicted octanol–water partition coefficient (Wildman–Crippen LogP) is 2.50. The molecular formula is C15H17ClN2O2. The molecule has 2 amide bonds. The van der Waals surface area contributed by atoms with Crippen LogP contribution in [0, 0.1) is 18.8 Å². The van der Waals surface area contributed by atoms with Gasteiger partial charge >= 0.3 is 0 Å². The Kier molecular flexibility index (Phi) is 3.42. The summed E-state index contributed by atoms with van der Waals surface area (Å²) in [6.07, 6.45) is 2.78. The lowest BCUT2D eigenvalue weighted by Gasteiger charge is -2.09. The molecule has 0 bridgehead atoms. The molecule has 106 valence electrons. The van der Waals surface area contributed by atoms with Gasteiger partial charge in [0.1, 0.15) is 0 Å². The highest BCUT2D eigenvalue weighted by Crippen LogP contribution is 2.40. The van der Waals surface area contributed by atoms with Gasteiger partial charge in [0.2, 0.25) is 11.8 Å². The van der Waals surface area contributed by atoms with Crippen molar-refractivity contribution in [3.8, 4) is 0 Å². The molecule has 0 saturated heterocycles. The molecular weight excluding hydrogens is 276 g/mol. The van der Waals surface area contributed by atoms with Gasteiger partial charge in [0.25, 0.3) is 0 Å². The SMILES string of the molecule is Cc1c(Cl)cccc1NC(=O)C1CC1C(=O)NC1CC1. The quantitative estimate of drug-likeness (QED) is 0.896. The summed E-state index contributed by atoms with van der Waals surface area (Å²) >= 11 is 6.02. The van der Waals surface area contributed by atoms with Gasteiger partial charge in [0, 0.05) is 16.8 Å². The van der Waals surface area contributed by atoms with Crippen LogP contribution in [0.3, 0.4) is 0 Å². The van der Waals surface area contributed by atoms with Crippen LogP contribution in [-0.2, 0) is 9.59 Å². The van der Waals surface area contributed by atoms with Crippen LogP contribution in [0.5, 0.6) is 0 Å². The Morgan fingerprint density at radius 3 is 2.60 bits per heavy atom. The first kappa shape index (κ1) is 13.4. The number of anilines is 1. The molecule has 1 aromatic carbocycles. The van der Waals surface area contributed by atoms with Gasteiger partial charge in [-0.05, 0) is 43.9 Å². The number of rotatable bonds is 4. The Hall–Kier alpha value is -1.55. The Morgan fingerprint density at radius 2 is 1.90 bits per heavy atom. The molecule has 20 heavy (non-hydrogen) atoms. The lowest BCUT2D eigenvalue weighted by Crippen LogP contribution is -2.29. The van der Waals surface area contributed by atoms with E-state index in [4.69, 9.17) is 11.6 Å². The highest BCUT2D eigenvalue weighted by atomic mass is 35.5. The fourth-order valence-electron chi connectivity index (χ4n) is 2.28. The Morgan fingerprint density at radius 1 is 1.20 bits per heavy atom. The smallest absolute Gasteiger partial charge is 0.228 e. The zero-order chi connectivity index (χ0) is 14.3. The van der Waals surface area contributed by atoms with E-state index in [2.05, 4.69) is 10.6 Å². The van der Waals surface area contributed by atoms with E-state index in [0.717, 1.165) is 24.1 Å². The van der Waals surface area contributed by atoms with Gasteiger partial charge in [-0.25, -0.2) is 0 Å². The number of carbonyl (C=O) groups excluding carboxylic acids is 2. The van der Waals surface area contributed by atoms with Gasteiger partial charge in [-0.3, -0.25) is 9.59 Å². The van der Waals surface area contributed by atoms with E-state index < -0.39 is 0 Å². The van der Waals surface area contributed by atoms with Crippen molar-refractivity contribution in [3.05, 3.63) is 28.8 Å². The molecule has 0 aromatic heterocycles. The maximum Gasteiger partial charge on any atom is 0.228 e. The molecule has 0 radical (unpaired) electrons. The summed E-state index contributed by atoms with van der Waals surface area (Å²) in [6, 6.07) is 5.76. The van der Waals surface area contributed by atoms with E-state index in [0.29, 0.717) is 17.5 Å². The first-order valence-electron chi connectivity index (χ1n) is 6.92. The molecule has 1 aromatic rings. The second-order valence-electron chi connectivity index (χ2n) is 5.63. The highest BCUT2D eigenvalue weighted by Gasteiger charge is 2.48. The minimum absolute atomic E-state index is 0.0236. The van der Waals surface area contributed by atoms with Crippen molar-refractivity contribution < 1.29 is 9.59 Å². The molecule has 0 spiro atoms. The third-order valence-electron chi connectivity index (χ3n) is 3.91. The minimum atomic E-state index is -0.202. The largest absolute Gasteiger partial charge is 0.353 e. The lowest BCUT2D eigenvalue weighted by molar-refractivity contribution is -0.125. The summed E-state index contributed by atoms with van der Waals surface area (Å²) in [5, 5.41) is 6.43. The molecule has 3 rings (SSSR count). The molecule has 0 aliphatic heterocycles. The number of halogens is 1. The van der Waals surface area contributed by atoms with Gasteiger partial charge in [-0.15, -0.1) is 0 Å². The number of hydrogen-bond donors (Lipinski definition) is 2. The van der Waals surface area contributed by atoms with Crippen LogP contribution < -0.4 is 10.6 Å². The first-order valence-corrected chi connectivity index (χ1v) is 7.30. The molecule has 2 aliphatic carbocycles. The third kappa shape index (κ3) is 2.80. The van der Waals surface area contributed by atoms with Crippen molar-refractivity contribution in [2.45, 2.75) is 32.2 Å². The van der Waals surface area contributed by atoms with Crippen LogP contribution in [0.2, 0.25) is 5.02 Å². The highest BCUT2D eigenvalue weighted by molar-refractivity contribution is 6.31. The van der Waals surface area contributed by atoms with Gasteiger partial charge in [0.15, 0.2) is 0 Å². The van der Waals surface area contributed by atoms with E-state index in [9.17, 15) is 9.59 Å². The number of amides is 2. The zero-order valence-electron chi connectivity index (χ0n) is 11.3. The molecule has 2 saturated carbocycles. The topological polar surface area (TPSA) is 58.2 Å². The second-order valence-corrected chi connectivity index (χ2v) is 6.04. The molecule has 4 nitrogen and oxygen atoms in total. The Balaban J connectivity index is 1.57. The molecule has 2 atom stereocenters. The summed E-state index contributed by atoms with van der Waals surface area (Å²) in [7, 11) is 0. The zero-order valence-corrected chi connectivity index (χ0v) is 12.0. The maximum absolute atomic E-state index is 12.1. The molecule has 2 aliphatic rings. The summed E-state index contributed by atoms with van der Waals surface area (Å²) in [4.78, 5) is 24.0. The summed E-state index contributed by atoms with van der Waals surface area (Å²) in [6.45, 7) is 1.86. The molecule has 0 heterocycles. The molecule has 5 heteroatoms. The van der Waals surface area contributed by atoms with Crippen molar-refractivity contribution in [2.24, 2.45) is 11.8 Å². The van der Waals surface area contributed by atoms with Crippen LogP contribution >= 0.6 is 11.6 Å². The van der Waals surface area contributed by atoms with Crippen LogP contribution in [0.25, 0.3) is 0 Å². The monoisotopic (exact) mass is 292 g/mol. The number of benzene rings is 1. The van der Waals surface area contributed by atoms with Gasteiger partial charge in [0.05, 0.1) is 11.8 Å². The third-order valence-corrected chi connectivity index (χ3v) is 4.32. The van der Waals surface area contributed by atoms with E-state index in [1.54, 1.807) is 12.1 Å². The van der Waals surface area contributed by atoms with Crippen LogP contribution in [0.4, 0.5) is 5.69 Å². The fourth-order valence-corrected chi connectivity index (χ4v) is 2.45. The molecule has 2 fully saturated rings. The van der Waals surface area contributed by atoms with Crippen molar-refractivity contribution in [2.75, 3.05) is 5.32 Å². The Labute approximate surface area is 122 Å². The standard InChI is InChI=1S/C15H17ClN2O2/c1-8-12(16)3-2-4-13(8)18-15(20)11-7-10(11)14(19)17-9-5-6-9/h2-4,9-11H,5-7H2,1H3,(H,17,19)(H,18,20). The number of carbonyl (C=O) groups is 2. The maximum atomic E-state index is 12.1. The normalized spacial score (nSPS) is 24.1.